The minimum absolute atomic E-state index is 0.0206. The number of benzene rings is 1. The Morgan fingerprint density at radius 1 is 1.19 bits per heavy atom. The van der Waals surface area contributed by atoms with Crippen LogP contribution in [-0.2, 0) is 17.8 Å². The lowest BCUT2D eigenvalue weighted by Crippen LogP contribution is -2.39. The molecule has 1 atom stereocenters. The van der Waals surface area contributed by atoms with E-state index in [1.807, 2.05) is 53.2 Å². The van der Waals surface area contributed by atoms with Gasteiger partial charge in [0.15, 0.2) is 0 Å². The van der Waals surface area contributed by atoms with Crippen LogP contribution in [0.4, 0.5) is 0 Å². The third kappa shape index (κ3) is 4.62. The molecule has 0 spiro atoms. The number of carbonyl (C=O) groups is 1. The molecule has 4 aromatic rings. The highest BCUT2D eigenvalue weighted by molar-refractivity contribution is 7.07. The summed E-state index contributed by atoms with van der Waals surface area (Å²) in [7, 11) is 0. The highest BCUT2D eigenvalue weighted by atomic mass is 32.1. The first kappa shape index (κ1) is 19.8. The molecule has 0 aliphatic carbocycles. The summed E-state index contributed by atoms with van der Waals surface area (Å²) in [4.78, 5) is 19.4. The van der Waals surface area contributed by atoms with E-state index in [0.717, 1.165) is 28.2 Å². The van der Waals surface area contributed by atoms with E-state index in [-0.39, 0.29) is 12.0 Å². The fourth-order valence-corrected chi connectivity index (χ4v) is 4.63. The van der Waals surface area contributed by atoms with Crippen LogP contribution in [0.15, 0.2) is 71.7 Å². The molecule has 1 aliphatic rings. The lowest BCUT2D eigenvalue weighted by atomic mass is 10.2. The summed E-state index contributed by atoms with van der Waals surface area (Å²) in [5, 5.41) is 7.23. The van der Waals surface area contributed by atoms with Crippen molar-refractivity contribution in [1.29, 1.82) is 0 Å². The number of carbonyl (C=O) groups excluding carboxylic acids is 1. The summed E-state index contributed by atoms with van der Waals surface area (Å²) in [6.07, 6.45) is 4.61. The van der Waals surface area contributed by atoms with Crippen molar-refractivity contribution in [3.05, 3.63) is 88.5 Å². The van der Waals surface area contributed by atoms with Gasteiger partial charge in [0.1, 0.15) is 17.5 Å². The molecule has 6 nitrogen and oxygen atoms in total. The van der Waals surface area contributed by atoms with Gasteiger partial charge in [0.05, 0.1) is 12.2 Å². The molecule has 7 heteroatoms. The molecular weight excluding hydrogens is 408 g/mol. The summed E-state index contributed by atoms with van der Waals surface area (Å²) < 4.78 is 8.30. The van der Waals surface area contributed by atoms with E-state index in [4.69, 9.17) is 4.74 Å². The van der Waals surface area contributed by atoms with E-state index in [1.54, 1.807) is 11.3 Å². The molecule has 0 saturated carbocycles. The normalized spacial score (nSPS) is 16.5. The van der Waals surface area contributed by atoms with E-state index in [1.165, 1.54) is 0 Å². The third-order valence-electron chi connectivity index (χ3n) is 5.46. The van der Waals surface area contributed by atoms with Gasteiger partial charge in [0, 0.05) is 49.6 Å². The van der Waals surface area contributed by atoms with E-state index in [0.29, 0.717) is 32.6 Å². The van der Waals surface area contributed by atoms with Crippen LogP contribution in [0.25, 0.3) is 5.65 Å². The molecule has 1 N–H and O–H groups in total. The number of ether oxygens (including phenoxy) is 1. The fraction of sp³-hybridized carbons (Fsp3) is 0.250. The standard InChI is InChI=1S/C24H24N4O2S/c29-24(25-10-8-20-14-28-11-4-3-7-23(28)26-20)16-27-13-18-5-1-2-6-21(18)30-22(15-27)19-9-12-31-17-19/h1-7,9,11-12,14,17,22H,8,10,13,15-16H2,(H,25,29)/t22-/m1/s1. The molecule has 0 fully saturated rings. The molecule has 0 unspecified atom stereocenters. The first-order chi connectivity index (χ1) is 15.2. The second-order valence-electron chi connectivity index (χ2n) is 7.74. The monoisotopic (exact) mass is 432 g/mol. The molecule has 1 aromatic carbocycles. The number of fused-ring (bicyclic) bond motifs is 2. The molecule has 0 radical (unpaired) electrons. The van der Waals surface area contributed by atoms with Gasteiger partial charge in [-0.1, -0.05) is 24.3 Å². The van der Waals surface area contributed by atoms with E-state index in [2.05, 4.69) is 38.1 Å². The topological polar surface area (TPSA) is 58.9 Å². The van der Waals surface area contributed by atoms with Crippen molar-refractivity contribution in [3.63, 3.8) is 0 Å². The maximum Gasteiger partial charge on any atom is 0.234 e. The molecule has 0 bridgehead atoms. The second kappa shape index (κ2) is 8.91. The highest BCUT2D eigenvalue weighted by Gasteiger charge is 2.25. The van der Waals surface area contributed by atoms with Gasteiger partial charge in [-0.25, -0.2) is 4.98 Å². The SMILES string of the molecule is O=C(CN1Cc2ccccc2O[C@@H](c2ccsc2)C1)NCCc1cn2ccccc2n1. The van der Waals surface area contributed by atoms with Crippen molar-refractivity contribution in [1.82, 2.24) is 19.6 Å². The van der Waals surface area contributed by atoms with Gasteiger partial charge in [-0.05, 0) is 35.0 Å². The average molecular weight is 433 g/mol. The van der Waals surface area contributed by atoms with E-state index < -0.39 is 0 Å². The zero-order chi connectivity index (χ0) is 21.0. The summed E-state index contributed by atoms with van der Waals surface area (Å²) in [5.41, 5.74) is 4.16. The summed E-state index contributed by atoms with van der Waals surface area (Å²) in [6.45, 7) is 2.27. The van der Waals surface area contributed by atoms with Gasteiger partial charge in [-0.15, -0.1) is 0 Å². The van der Waals surface area contributed by atoms with Crippen LogP contribution in [0.5, 0.6) is 5.75 Å². The Bertz CT molecular complexity index is 1140. The van der Waals surface area contributed by atoms with Crippen molar-refractivity contribution in [2.75, 3.05) is 19.6 Å². The molecule has 158 valence electrons. The molecule has 31 heavy (non-hydrogen) atoms. The number of amides is 1. The maximum absolute atomic E-state index is 12.7. The average Bonchev–Trinajstić information content (AvgIpc) is 3.40. The summed E-state index contributed by atoms with van der Waals surface area (Å²) in [5.74, 6) is 0.917. The smallest absolute Gasteiger partial charge is 0.234 e. The number of pyridine rings is 1. The minimum atomic E-state index is -0.0827. The Balaban J connectivity index is 1.21. The van der Waals surface area contributed by atoms with Crippen molar-refractivity contribution in [2.45, 2.75) is 19.1 Å². The Labute approximate surface area is 185 Å². The van der Waals surface area contributed by atoms with Crippen LogP contribution in [-0.4, -0.2) is 39.8 Å². The number of hydrogen-bond donors (Lipinski definition) is 1. The van der Waals surface area contributed by atoms with Crippen LogP contribution < -0.4 is 10.1 Å². The summed E-state index contributed by atoms with van der Waals surface area (Å²) >= 11 is 1.66. The zero-order valence-electron chi connectivity index (χ0n) is 17.1. The Kier molecular flexibility index (Phi) is 5.69. The van der Waals surface area contributed by atoms with Crippen molar-refractivity contribution < 1.29 is 9.53 Å². The van der Waals surface area contributed by atoms with Gasteiger partial charge < -0.3 is 14.5 Å². The Morgan fingerprint density at radius 3 is 2.97 bits per heavy atom. The van der Waals surface area contributed by atoms with Crippen molar-refractivity contribution >= 4 is 22.9 Å². The number of rotatable bonds is 6. The Hall–Kier alpha value is -3.16. The first-order valence-corrected chi connectivity index (χ1v) is 11.4. The molecule has 5 rings (SSSR count). The van der Waals surface area contributed by atoms with Crippen LogP contribution in [0.3, 0.4) is 0 Å². The lowest BCUT2D eigenvalue weighted by molar-refractivity contribution is -0.122. The largest absolute Gasteiger partial charge is 0.484 e. The first-order valence-electron chi connectivity index (χ1n) is 10.4. The molecule has 1 amide bonds. The van der Waals surface area contributed by atoms with Gasteiger partial charge in [-0.3, -0.25) is 9.69 Å². The van der Waals surface area contributed by atoms with E-state index in [9.17, 15) is 4.79 Å². The van der Waals surface area contributed by atoms with Gasteiger partial charge in [0.25, 0.3) is 0 Å². The second-order valence-corrected chi connectivity index (χ2v) is 8.52. The van der Waals surface area contributed by atoms with Crippen molar-refractivity contribution in [3.8, 4) is 5.75 Å². The zero-order valence-corrected chi connectivity index (χ0v) is 17.9. The van der Waals surface area contributed by atoms with Crippen LogP contribution >= 0.6 is 11.3 Å². The number of para-hydroxylation sites is 1. The quantitative estimate of drug-likeness (QED) is 0.505. The van der Waals surface area contributed by atoms with Crippen LogP contribution in [0.2, 0.25) is 0 Å². The number of aromatic nitrogens is 2. The number of nitrogens with one attached hydrogen (secondary N) is 1. The van der Waals surface area contributed by atoms with Crippen molar-refractivity contribution in [2.24, 2.45) is 0 Å². The predicted octanol–water partition coefficient (Wildman–Crippen LogP) is 3.69. The highest BCUT2D eigenvalue weighted by Crippen LogP contribution is 2.31. The van der Waals surface area contributed by atoms with Gasteiger partial charge in [-0.2, -0.15) is 11.3 Å². The number of hydrogen-bond acceptors (Lipinski definition) is 5. The maximum atomic E-state index is 12.7. The summed E-state index contributed by atoms with van der Waals surface area (Å²) in [6, 6.07) is 16.1. The lowest BCUT2D eigenvalue weighted by Gasteiger charge is -2.23. The van der Waals surface area contributed by atoms with E-state index >= 15 is 0 Å². The predicted molar refractivity (Wildman–Crippen MR) is 121 cm³/mol. The molecule has 1 aliphatic heterocycles. The number of nitrogens with zero attached hydrogens (tertiary/aromatic N) is 3. The molecule has 4 heterocycles. The van der Waals surface area contributed by atoms with Gasteiger partial charge in [0.2, 0.25) is 5.91 Å². The third-order valence-corrected chi connectivity index (χ3v) is 6.16. The molecule has 3 aromatic heterocycles. The van der Waals surface area contributed by atoms with Gasteiger partial charge >= 0.3 is 0 Å². The molecular formula is C24H24N4O2S. The van der Waals surface area contributed by atoms with Crippen LogP contribution in [0.1, 0.15) is 22.9 Å². The fourth-order valence-electron chi connectivity index (χ4n) is 3.93. The minimum Gasteiger partial charge on any atom is -0.484 e. The Morgan fingerprint density at radius 2 is 2.10 bits per heavy atom. The molecule has 0 saturated heterocycles. The van der Waals surface area contributed by atoms with Crippen LogP contribution in [0, 0.1) is 0 Å². The number of imidazole rings is 1. The number of thiophene rings is 1.